The molecule has 0 spiro atoms. The highest BCUT2D eigenvalue weighted by molar-refractivity contribution is 5.96. The van der Waals surface area contributed by atoms with Crippen molar-refractivity contribution in [1.29, 1.82) is 0 Å². The average molecular weight is 344 g/mol. The lowest BCUT2D eigenvalue weighted by Gasteiger charge is -2.04. The predicted octanol–water partition coefficient (Wildman–Crippen LogP) is 1.61. The van der Waals surface area contributed by atoms with Crippen LogP contribution in [0.25, 0.3) is 0 Å². The van der Waals surface area contributed by atoms with Gasteiger partial charge in [-0.3, -0.25) is 19.7 Å². The van der Waals surface area contributed by atoms with Crippen molar-refractivity contribution in [1.82, 2.24) is 10.7 Å². The molecule has 128 valence electrons. The summed E-state index contributed by atoms with van der Waals surface area (Å²) in [5.41, 5.74) is 2.28. The summed E-state index contributed by atoms with van der Waals surface area (Å²) < 4.78 is 13.0. The van der Waals surface area contributed by atoms with Gasteiger partial charge in [0.25, 0.3) is 17.5 Å². The second-order valence-electron chi connectivity index (χ2n) is 4.80. The van der Waals surface area contributed by atoms with Gasteiger partial charge in [-0.1, -0.05) is 18.2 Å². The van der Waals surface area contributed by atoms with Crippen LogP contribution in [-0.2, 0) is 4.79 Å². The fourth-order valence-electron chi connectivity index (χ4n) is 1.87. The van der Waals surface area contributed by atoms with Gasteiger partial charge in [-0.05, 0) is 24.3 Å². The lowest BCUT2D eigenvalue weighted by Crippen LogP contribution is -2.34. The fraction of sp³-hybridized carbons (Fsp3) is 0.0625. The van der Waals surface area contributed by atoms with Crippen molar-refractivity contribution in [2.45, 2.75) is 0 Å². The number of nitro benzene ring substituents is 1. The van der Waals surface area contributed by atoms with Gasteiger partial charge < -0.3 is 5.32 Å². The van der Waals surface area contributed by atoms with E-state index in [0.29, 0.717) is 0 Å². The number of hydrogen-bond donors (Lipinski definition) is 2. The Morgan fingerprint density at radius 3 is 2.68 bits per heavy atom. The predicted molar refractivity (Wildman–Crippen MR) is 87.6 cm³/mol. The molecule has 2 amide bonds. The number of rotatable bonds is 6. The fourth-order valence-corrected chi connectivity index (χ4v) is 1.87. The van der Waals surface area contributed by atoms with Crippen molar-refractivity contribution < 1.29 is 18.9 Å². The van der Waals surface area contributed by atoms with E-state index in [1.165, 1.54) is 36.4 Å². The number of nitrogens with one attached hydrogen (secondary N) is 2. The highest BCUT2D eigenvalue weighted by Crippen LogP contribution is 2.14. The Labute approximate surface area is 141 Å². The maximum Gasteiger partial charge on any atom is 0.278 e. The van der Waals surface area contributed by atoms with Crippen LogP contribution in [0.15, 0.2) is 53.6 Å². The van der Waals surface area contributed by atoms with Gasteiger partial charge in [0.15, 0.2) is 0 Å². The summed E-state index contributed by atoms with van der Waals surface area (Å²) in [4.78, 5) is 33.6. The molecule has 8 nitrogen and oxygen atoms in total. The van der Waals surface area contributed by atoms with Crippen LogP contribution in [0.5, 0.6) is 0 Å². The van der Waals surface area contributed by atoms with Gasteiger partial charge in [0.2, 0.25) is 0 Å². The zero-order valence-corrected chi connectivity index (χ0v) is 12.8. The van der Waals surface area contributed by atoms with Gasteiger partial charge in [0.05, 0.1) is 23.2 Å². The second kappa shape index (κ2) is 8.29. The van der Waals surface area contributed by atoms with E-state index in [4.69, 9.17) is 0 Å². The summed E-state index contributed by atoms with van der Waals surface area (Å²) in [7, 11) is 0. The first kappa shape index (κ1) is 17.7. The number of hydrogen-bond acceptors (Lipinski definition) is 5. The topological polar surface area (TPSA) is 114 Å². The first-order valence-corrected chi connectivity index (χ1v) is 7.06. The monoisotopic (exact) mass is 344 g/mol. The van der Waals surface area contributed by atoms with Gasteiger partial charge in [-0.15, -0.1) is 0 Å². The summed E-state index contributed by atoms with van der Waals surface area (Å²) in [6.45, 7) is -0.385. The lowest BCUT2D eigenvalue weighted by molar-refractivity contribution is -0.385. The molecule has 0 aliphatic rings. The number of amides is 2. The molecule has 2 aromatic rings. The molecule has 0 saturated heterocycles. The number of nitro groups is 1. The molecule has 0 bridgehead atoms. The molecule has 0 heterocycles. The first-order chi connectivity index (χ1) is 12.0. The zero-order chi connectivity index (χ0) is 18.2. The van der Waals surface area contributed by atoms with E-state index in [1.807, 2.05) is 0 Å². The lowest BCUT2D eigenvalue weighted by atomic mass is 10.2. The number of halogens is 1. The third-order valence-electron chi connectivity index (χ3n) is 3.02. The smallest absolute Gasteiger partial charge is 0.278 e. The number of benzene rings is 2. The molecule has 0 saturated carbocycles. The van der Waals surface area contributed by atoms with E-state index >= 15 is 0 Å². The van der Waals surface area contributed by atoms with Crippen molar-refractivity contribution in [3.63, 3.8) is 0 Å². The van der Waals surface area contributed by atoms with Crippen LogP contribution in [0.2, 0.25) is 0 Å². The summed E-state index contributed by atoms with van der Waals surface area (Å²) in [6.07, 6.45) is 1.13. The molecule has 25 heavy (non-hydrogen) atoms. The van der Waals surface area contributed by atoms with Gasteiger partial charge in [-0.25, -0.2) is 9.82 Å². The Kier molecular flexibility index (Phi) is 5.88. The maximum atomic E-state index is 13.0. The molecule has 0 unspecified atom stereocenters. The Morgan fingerprint density at radius 2 is 1.96 bits per heavy atom. The first-order valence-electron chi connectivity index (χ1n) is 7.06. The summed E-state index contributed by atoms with van der Waals surface area (Å²) in [6, 6.07) is 10.9. The minimum atomic E-state index is -0.639. The number of nitrogens with zero attached hydrogens (tertiary/aromatic N) is 2. The maximum absolute atomic E-state index is 13.0. The molecular weight excluding hydrogens is 331 g/mol. The molecule has 2 aromatic carbocycles. The number of carbonyl (C=O) groups excluding carboxylic acids is 2. The zero-order valence-electron chi connectivity index (χ0n) is 12.8. The van der Waals surface area contributed by atoms with Crippen LogP contribution >= 0.6 is 0 Å². The Balaban J connectivity index is 1.87. The van der Waals surface area contributed by atoms with Crippen LogP contribution in [0.1, 0.15) is 15.9 Å². The van der Waals surface area contributed by atoms with E-state index in [0.717, 1.165) is 12.3 Å². The van der Waals surface area contributed by atoms with Crippen LogP contribution in [-0.4, -0.2) is 29.5 Å². The highest BCUT2D eigenvalue weighted by Gasteiger charge is 2.11. The molecule has 0 atom stereocenters. The van der Waals surface area contributed by atoms with E-state index in [-0.39, 0.29) is 23.4 Å². The Bertz CT molecular complexity index is 838. The van der Waals surface area contributed by atoms with E-state index in [2.05, 4.69) is 15.8 Å². The molecule has 2 N–H and O–H groups in total. The molecule has 9 heteroatoms. The largest absolute Gasteiger partial charge is 0.343 e. The minimum Gasteiger partial charge on any atom is -0.343 e. The van der Waals surface area contributed by atoms with Crippen LogP contribution in [0.3, 0.4) is 0 Å². The highest BCUT2D eigenvalue weighted by atomic mass is 19.1. The Hall–Kier alpha value is -3.62. The number of hydrazone groups is 1. The summed E-state index contributed by atoms with van der Waals surface area (Å²) >= 11 is 0. The third kappa shape index (κ3) is 5.20. The molecular formula is C16H13FN4O4. The molecule has 0 aromatic heterocycles. The van der Waals surface area contributed by atoms with Crippen LogP contribution < -0.4 is 10.7 Å². The number of carbonyl (C=O) groups is 2. The Morgan fingerprint density at radius 1 is 1.20 bits per heavy atom. The van der Waals surface area contributed by atoms with Crippen molar-refractivity contribution in [3.05, 3.63) is 75.6 Å². The SMILES string of the molecule is O=C(CNC(=O)c1cccc(F)c1)NN=Cc1ccccc1[N+](=O)[O-]. The summed E-state index contributed by atoms with van der Waals surface area (Å²) in [5, 5.41) is 16.8. The van der Waals surface area contributed by atoms with Crippen molar-refractivity contribution in [2.75, 3.05) is 6.54 Å². The van der Waals surface area contributed by atoms with Gasteiger partial charge in [0.1, 0.15) is 5.82 Å². The normalized spacial score (nSPS) is 10.4. The van der Waals surface area contributed by atoms with Gasteiger partial charge in [-0.2, -0.15) is 5.10 Å². The van der Waals surface area contributed by atoms with E-state index in [1.54, 1.807) is 6.07 Å². The molecule has 0 aliphatic heterocycles. The van der Waals surface area contributed by atoms with Crippen LogP contribution in [0.4, 0.5) is 10.1 Å². The second-order valence-corrected chi connectivity index (χ2v) is 4.80. The van der Waals surface area contributed by atoms with E-state index < -0.39 is 22.6 Å². The van der Waals surface area contributed by atoms with Gasteiger partial charge in [0, 0.05) is 11.6 Å². The van der Waals surface area contributed by atoms with Crippen LogP contribution in [0, 0.1) is 15.9 Å². The van der Waals surface area contributed by atoms with E-state index in [9.17, 15) is 24.1 Å². The van der Waals surface area contributed by atoms with Crippen molar-refractivity contribution >= 4 is 23.7 Å². The van der Waals surface area contributed by atoms with Crippen molar-refractivity contribution in [2.24, 2.45) is 5.10 Å². The molecule has 0 fully saturated rings. The standard InChI is InChI=1S/C16H13FN4O4/c17-13-6-3-5-11(8-13)16(23)18-10-15(22)20-19-9-12-4-1-2-7-14(12)21(24)25/h1-9H,10H2,(H,18,23)(H,20,22). The van der Waals surface area contributed by atoms with Crippen molar-refractivity contribution in [3.8, 4) is 0 Å². The average Bonchev–Trinajstić information content (AvgIpc) is 2.60. The van der Waals surface area contributed by atoms with Gasteiger partial charge >= 0.3 is 0 Å². The summed E-state index contributed by atoms with van der Waals surface area (Å²) in [5.74, 6) is -1.82. The third-order valence-corrected chi connectivity index (χ3v) is 3.02. The minimum absolute atomic E-state index is 0.0798. The molecule has 0 radical (unpaired) electrons. The number of para-hydroxylation sites is 1. The molecule has 0 aliphatic carbocycles. The quantitative estimate of drug-likeness (QED) is 0.471. The molecule has 2 rings (SSSR count).